The number of rotatable bonds is 4. The van der Waals surface area contributed by atoms with Gasteiger partial charge in [0.2, 0.25) is 0 Å². The molecule has 0 saturated carbocycles. The van der Waals surface area contributed by atoms with Crippen LogP contribution in [-0.2, 0) is 6.54 Å². The molecule has 1 aliphatic rings. The quantitative estimate of drug-likeness (QED) is 0.352. The number of hydrogen-bond acceptors (Lipinski definition) is 6. The Labute approximate surface area is 119 Å². The van der Waals surface area contributed by atoms with Crippen LogP contribution in [0.25, 0.3) is 0 Å². The van der Waals surface area contributed by atoms with E-state index in [1.807, 2.05) is 19.9 Å². The van der Waals surface area contributed by atoms with E-state index in [9.17, 15) is 0 Å². The van der Waals surface area contributed by atoms with Gasteiger partial charge in [-0.05, 0) is 19.9 Å². The first-order valence-electron chi connectivity index (χ1n) is 6.75. The van der Waals surface area contributed by atoms with Gasteiger partial charge in [-0.3, -0.25) is 9.80 Å². The third-order valence-electron chi connectivity index (χ3n) is 3.88. The highest BCUT2D eigenvalue weighted by Crippen LogP contribution is 2.17. The second-order valence-electron chi connectivity index (χ2n) is 5.47. The van der Waals surface area contributed by atoms with E-state index in [2.05, 4.69) is 24.9 Å². The molecule has 0 unspecified atom stereocenters. The lowest BCUT2D eigenvalue weighted by molar-refractivity contribution is 0.0780. The molecular weight excluding hydrogens is 256 g/mol. The average molecular weight is 278 g/mol. The highest BCUT2D eigenvalue weighted by molar-refractivity contribution is 5.88. The molecule has 2 heterocycles. The van der Waals surface area contributed by atoms with E-state index in [0.717, 1.165) is 38.5 Å². The SMILES string of the molecule is CC(C)(C(N)=NO)N1CCN(Cc2ncccn2)CC1. The zero-order chi connectivity index (χ0) is 14.6. The molecule has 0 bridgehead atoms. The lowest BCUT2D eigenvalue weighted by Gasteiger charge is -2.43. The van der Waals surface area contributed by atoms with Gasteiger partial charge in [0.25, 0.3) is 0 Å². The Morgan fingerprint density at radius 3 is 2.45 bits per heavy atom. The Morgan fingerprint density at radius 2 is 1.90 bits per heavy atom. The Kier molecular flexibility index (Phi) is 4.51. The summed E-state index contributed by atoms with van der Waals surface area (Å²) in [4.78, 5) is 13.0. The van der Waals surface area contributed by atoms with Crippen molar-refractivity contribution in [3.05, 3.63) is 24.3 Å². The molecule has 7 nitrogen and oxygen atoms in total. The minimum Gasteiger partial charge on any atom is -0.409 e. The van der Waals surface area contributed by atoms with Crippen LogP contribution in [0.5, 0.6) is 0 Å². The Bertz CT molecular complexity index is 453. The summed E-state index contributed by atoms with van der Waals surface area (Å²) in [5.74, 6) is 1.09. The van der Waals surface area contributed by atoms with Crippen molar-refractivity contribution >= 4 is 5.84 Å². The summed E-state index contributed by atoms with van der Waals surface area (Å²) < 4.78 is 0. The Hall–Kier alpha value is -1.73. The second-order valence-corrected chi connectivity index (χ2v) is 5.47. The van der Waals surface area contributed by atoms with Crippen LogP contribution in [-0.4, -0.2) is 62.5 Å². The standard InChI is InChI=1S/C13H22N6O/c1-13(2,12(14)17-20)19-8-6-18(7-9-19)10-11-15-4-3-5-16-11/h3-5,20H,6-10H2,1-2H3,(H2,14,17). The Balaban J connectivity index is 1.90. The van der Waals surface area contributed by atoms with Crippen LogP contribution in [0.1, 0.15) is 19.7 Å². The van der Waals surface area contributed by atoms with Crippen LogP contribution in [0.4, 0.5) is 0 Å². The number of nitrogens with zero attached hydrogens (tertiary/aromatic N) is 5. The number of oxime groups is 1. The fourth-order valence-corrected chi connectivity index (χ4v) is 2.36. The molecule has 0 spiro atoms. The van der Waals surface area contributed by atoms with Crippen molar-refractivity contribution in [2.75, 3.05) is 26.2 Å². The summed E-state index contributed by atoms with van der Waals surface area (Å²) in [5, 5.41) is 12.0. The predicted molar refractivity (Wildman–Crippen MR) is 76.4 cm³/mol. The summed E-state index contributed by atoms with van der Waals surface area (Å²) in [6.07, 6.45) is 3.53. The molecule has 0 aromatic carbocycles. The van der Waals surface area contributed by atoms with Crippen molar-refractivity contribution in [1.82, 2.24) is 19.8 Å². The first-order chi connectivity index (χ1) is 9.54. The molecule has 0 amide bonds. The maximum atomic E-state index is 8.86. The first kappa shape index (κ1) is 14.7. The molecule has 1 aromatic heterocycles. The molecule has 1 saturated heterocycles. The lowest BCUT2D eigenvalue weighted by Crippen LogP contribution is -2.59. The fraction of sp³-hybridized carbons (Fsp3) is 0.615. The van der Waals surface area contributed by atoms with E-state index >= 15 is 0 Å². The van der Waals surface area contributed by atoms with Crippen molar-refractivity contribution in [1.29, 1.82) is 0 Å². The first-order valence-corrected chi connectivity index (χ1v) is 6.75. The summed E-state index contributed by atoms with van der Waals surface area (Å²) in [5.41, 5.74) is 5.34. The molecule has 1 fully saturated rings. The number of amidine groups is 1. The van der Waals surface area contributed by atoms with Gasteiger partial charge in [0, 0.05) is 38.6 Å². The molecule has 0 radical (unpaired) electrons. The van der Waals surface area contributed by atoms with E-state index in [4.69, 9.17) is 10.9 Å². The van der Waals surface area contributed by atoms with Crippen LogP contribution in [0.15, 0.2) is 23.6 Å². The minimum absolute atomic E-state index is 0.248. The summed E-state index contributed by atoms with van der Waals surface area (Å²) in [6, 6.07) is 1.82. The molecule has 1 aromatic rings. The number of piperazine rings is 1. The van der Waals surface area contributed by atoms with E-state index in [-0.39, 0.29) is 5.84 Å². The molecule has 0 aliphatic carbocycles. The van der Waals surface area contributed by atoms with Crippen molar-refractivity contribution in [3.63, 3.8) is 0 Å². The van der Waals surface area contributed by atoms with Gasteiger partial charge in [0.05, 0.1) is 12.1 Å². The fourth-order valence-electron chi connectivity index (χ4n) is 2.36. The third kappa shape index (κ3) is 3.23. The number of aromatic nitrogens is 2. The smallest absolute Gasteiger partial charge is 0.159 e. The molecule has 20 heavy (non-hydrogen) atoms. The monoisotopic (exact) mass is 278 g/mol. The number of hydrogen-bond donors (Lipinski definition) is 2. The molecule has 3 N–H and O–H groups in total. The van der Waals surface area contributed by atoms with Gasteiger partial charge in [-0.25, -0.2) is 9.97 Å². The maximum absolute atomic E-state index is 8.86. The minimum atomic E-state index is -0.427. The molecule has 0 atom stereocenters. The summed E-state index contributed by atoms with van der Waals surface area (Å²) in [7, 11) is 0. The van der Waals surface area contributed by atoms with Crippen molar-refractivity contribution in [3.8, 4) is 0 Å². The van der Waals surface area contributed by atoms with Gasteiger partial charge in [-0.15, -0.1) is 0 Å². The van der Waals surface area contributed by atoms with E-state index < -0.39 is 5.54 Å². The zero-order valence-corrected chi connectivity index (χ0v) is 12.0. The Morgan fingerprint density at radius 1 is 1.30 bits per heavy atom. The van der Waals surface area contributed by atoms with Gasteiger partial charge >= 0.3 is 0 Å². The van der Waals surface area contributed by atoms with Crippen LogP contribution in [0.2, 0.25) is 0 Å². The van der Waals surface area contributed by atoms with Gasteiger partial charge in [-0.1, -0.05) is 5.16 Å². The normalized spacial score (nSPS) is 19.2. The van der Waals surface area contributed by atoms with Gasteiger partial charge in [-0.2, -0.15) is 0 Å². The highest BCUT2D eigenvalue weighted by Gasteiger charge is 2.33. The lowest BCUT2D eigenvalue weighted by atomic mass is 10.0. The topological polar surface area (TPSA) is 90.9 Å². The third-order valence-corrected chi connectivity index (χ3v) is 3.88. The van der Waals surface area contributed by atoms with Crippen LogP contribution in [0.3, 0.4) is 0 Å². The summed E-state index contributed by atoms with van der Waals surface area (Å²) in [6.45, 7) is 8.28. The van der Waals surface area contributed by atoms with Crippen LogP contribution >= 0.6 is 0 Å². The largest absolute Gasteiger partial charge is 0.409 e. The molecule has 2 rings (SSSR count). The summed E-state index contributed by atoms with van der Waals surface area (Å²) >= 11 is 0. The second kappa shape index (κ2) is 6.15. The predicted octanol–water partition coefficient (Wildman–Crippen LogP) is 0.119. The van der Waals surface area contributed by atoms with E-state index in [1.54, 1.807) is 12.4 Å². The van der Waals surface area contributed by atoms with Gasteiger partial charge < -0.3 is 10.9 Å². The molecule has 7 heteroatoms. The van der Waals surface area contributed by atoms with E-state index in [0.29, 0.717) is 0 Å². The van der Waals surface area contributed by atoms with Gasteiger partial charge in [0.1, 0.15) is 5.82 Å². The molecular formula is C13H22N6O. The van der Waals surface area contributed by atoms with E-state index in [1.165, 1.54) is 0 Å². The van der Waals surface area contributed by atoms with Crippen molar-refractivity contribution < 1.29 is 5.21 Å². The molecule has 1 aliphatic heterocycles. The zero-order valence-electron chi connectivity index (χ0n) is 12.0. The molecule has 110 valence electrons. The van der Waals surface area contributed by atoms with Gasteiger partial charge in [0.15, 0.2) is 5.84 Å². The van der Waals surface area contributed by atoms with Crippen LogP contribution in [0, 0.1) is 0 Å². The highest BCUT2D eigenvalue weighted by atomic mass is 16.4. The average Bonchev–Trinajstić information content (AvgIpc) is 2.48. The number of nitrogens with two attached hydrogens (primary N) is 1. The van der Waals surface area contributed by atoms with Crippen molar-refractivity contribution in [2.45, 2.75) is 25.9 Å². The maximum Gasteiger partial charge on any atom is 0.159 e. The van der Waals surface area contributed by atoms with Crippen molar-refractivity contribution in [2.24, 2.45) is 10.9 Å². The van der Waals surface area contributed by atoms with Crippen LogP contribution < -0.4 is 5.73 Å².